The second-order valence-electron chi connectivity index (χ2n) is 17.2. The second kappa shape index (κ2) is 19.3. The number of carboxylic acid groups (broad SMARTS) is 1. The van der Waals surface area contributed by atoms with Crippen molar-refractivity contribution in [3.8, 4) is 0 Å². The normalized spacial score (nSPS) is 12.8. The molecule has 4 aromatic heterocycles. The summed E-state index contributed by atoms with van der Waals surface area (Å²) in [6, 6.07) is 19.4. The standard InChI is InChI=1S/C25H27ClFNO4.C23H23ClFNO4/c1-5-32-24(31)18-12-17(19(14-29)25(2,3)4)21-10-9-15(13-28(21)23(18)30)11-16-7-6-8-20(26)22(16)27;1-23(2,3)17(12-27)15-10-16(22(29)30)21(28)26-11-13(7-8-19(15)26)9-14-5-4-6-18(24)20(14)25/h6-10,12-13,19,29H,5,11,14H2,1-4H3;4-8,10-11,17,27H,9,12H2,1-3H3,(H,29,30)/t19-;17-/m00/s1. The molecule has 328 valence electrons. The zero-order chi connectivity index (χ0) is 45.8. The Morgan fingerprint density at radius 1 is 0.677 bits per heavy atom. The zero-order valence-electron chi connectivity index (χ0n) is 35.6. The molecule has 3 N–H and O–H groups in total. The number of rotatable bonds is 11. The first kappa shape index (κ1) is 47.6. The molecule has 0 aliphatic carbocycles. The molecule has 6 aromatic rings. The smallest absolute Gasteiger partial charge is 0.343 e. The van der Waals surface area contributed by atoms with Gasteiger partial charge in [-0.05, 0) is 87.5 Å². The molecule has 0 aliphatic heterocycles. The zero-order valence-corrected chi connectivity index (χ0v) is 37.1. The molecule has 62 heavy (non-hydrogen) atoms. The molecule has 2 atom stereocenters. The lowest BCUT2D eigenvalue weighted by Gasteiger charge is -2.30. The minimum Gasteiger partial charge on any atom is -0.477 e. The summed E-state index contributed by atoms with van der Waals surface area (Å²) in [7, 11) is 0. The molecule has 4 heterocycles. The van der Waals surface area contributed by atoms with Crippen LogP contribution in [-0.4, -0.2) is 55.9 Å². The number of aliphatic hydroxyl groups excluding tert-OH is 2. The van der Waals surface area contributed by atoms with Crippen LogP contribution in [0.15, 0.2) is 94.8 Å². The molecule has 2 aromatic carbocycles. The van der Waals surface area contributed by atoms with Gasteiger partial charge in [0, 0.05) is 37.1 Å². The van der Waals surface area contributed by atoms with E-state index in [1.807, 2.05) is 41.5 Å². The van der Waals surface area contributed by atoms with E-state index in [0.717, 1.165) is 0 Å². The first-order valence-corrected chi connectivity index (χ1v) is 20.7. The third kappa shape index (κ3) is 10.3. The molecule has 6 rings (SSSR count). The quantitative estimate of drug-likeness (QED) is 0.109. The molecule has 0 amide bonds. The van der Waals surface area contributed by atoms with Gasteiger partial charge in [0.15, 0.2) is 0 Å². The van der Waals surface area contributed by atoms with Crippen molar-refractivity contribution in [1.82, 2.24) is 8.80 Å². The lowest BCUT2D eigenvalue weighted by atomic mass is 9.76. The number of carbonyl (C=O) groups is 2. The van der Waals surface area contributed by atoms with Gasteiger partial charge in [0.25, 0.3) is 11.1 Å². The SMILES string of the molecule is CC(C)(C)[C@@H](CO)c1cc(C(=O)O)c(=O)n2cc(Cc3cccc(Cl)c3F)ccc12.CCOC(=O)c1cc([C@H](CO)C(C)(C)C)c2ccc(Cc3cccc(Cl)c3F)cn2c1=O. The van der Waals surface area contributed by atoms with Gasteiger partial charge in [-0.2, -0.15) is 0 Å². The Bertz CT molecular complexity index is 2770. The number of nitrogens with zero attached hydrogens (tertiary/aromatic N) is 2. The van der Waals surface area contributed by atoms with Crippen LogP contribution >= 0.6 is 23.2 Å². The van der Waals surface area contributed by atoms with Gasteiger partial charge in [-0.25, -0.2) is 18.4 Å². The van der Waals surface area contributed by atoms with E-state index in [9.17, 15) is 43.3 Å². The van der Waals surface area contributed by atoms with Crippen LogP contribution in [0.1, 0.15) is 114 Å². The maximum absolute atomic E-state index is 14.4. The van der Waals surface area contributed by atoms with Crippen LogP contribution in [-0.2, 0) is 17.6 Å². The third-order valence-electron chi connectivity index (χ3n) is 10.9. The first-order chi connectivity index (χ1) is 29.1. The highest BCUT2D eigenvalue weighted by atomic mass is 35.5. The number of aromatic nitrogens is 2. The van der Waals surface area contributed by atoms with Crippen LogP contribution in [0.25, 0.3) is 11.0 Å². The van der Waals surface area contributed by atoms with E-state index in [4.69, 9.17) is 27.9 Å². The Morgan fingerprint density at radius 2 is 1.08 bits per heavy atom. The number of esters is 1. The number of benzene rings is 2. The van der Waals surface area contributed by atoms with Crippen molar-refractivity contribution in [2.45, 2.75) is 73.1 Å². The lowest BCUT2D eigenvalue weighted by Crippen LogP contribution is -2.29. The van der Waals surface area contributed by atoms with Gasteiger partial charge in [0.05, 0.1) is 40.9 Å². The van der Waals surface area contributed by atoms with Crippen LogP contribution in [0, 0.1) is 22.5 Å². The predicted octanol–water partition coefficient (Wildman–Crippen LogP) is 9.48. The van der Waals surface area contributed by atoms with Crippen molar-refractivity contribution in [1.29, 1.82) is 0 Å². The highest BCUT2D eigenvalue weighted by molar-refractivity contribution is 6.31. The Kier molecular flexibility index (Phi) is 14.9. The van der Waals surface area contributed by atoms with Crippen molar-refractivity contribution in [3.05, 3.63) is 172 Å². The lowest BCUT2D eigenvalue weighted by molar-refractivity contribution is 0.0523. The summed E-state index contributed by atoms with van der Waals surface area (Å²) in [6.45, 7) is 13.2. The van der Waals surface area contributed by atoms with E-state index in [0.29, 0.717) is 44.4 Å². The van der Waals surface area contributed by atoms with E-state index in [-0.39, 0.29) is 76.5 Å². The van der Waals surface area contributed by atoms with Crippen molar-refractivity contribution in [3.63, 3.8) is 0 Å². The highest BCUT2D eigenvalue weighted by Crippen LogP contribution is 2.38. The first-order valence-electron chi connectivity index (χ1n) is 20.0. The van der Waals surface area contributed by atoms with Gasteiger partial charge in [0.1, 0.15) is 22.8 Å². The van der Waals surface area contributed by atoms with Gasteiger partial charge in [-0.1, -0.05) is 101 Å². The van der Waals surface area contributed by atoms with Crippen LogP contribution in [0.5, 0.6) is 0 Å². The summed E-state index contributed by atoms with van der Waals surface area (Å²) in [6.07, 6.45) is 3.52. The largest absolute Gasteiger partial charge is 0.477 e. The molecule has 0 saturated heterocycles. The number of hydrogen-bond acceptors (Lipinski definition) is 7. The number of aromatic carboxylic acids is 1. The summed E-state index contributed by atoms with van der Waals surface area (Å²) in [4.78, 5) is 50.2. The van der Waals surface area contributed by atoms with Gasteiger partial charge in [-0.3, -0.25) is 18.4 Å². The minimum atomic E-state index is -1.34. The fraction of sp³-hybridized carbons (Fsp3) is 0.333. The van der Waals surface area contributed by atoms with Crippen molar-refractivity contribution in [2.24, 2.45) is 10.8 Å². The Hall–Kier alpha value is -5.40. The average Bonchev–Trinajstić information content (AvgIpc) is 3.20. The van der Waals surface area contributed by atoms with Gasteiger partial charge in [-0.15, -0.1) is 0 Å². The van der Waals surface area contributed by atoms with Crippen molar-refractivity contribution in [2.75, 3.05) is 19.8 Å². The fourth-order valence-electron chi connectivity index (χ4n) is 7.50. The molecule has 10 nitrogen and oxygen atoms in total. The van der Waals surface area contributed by atoms with E-state index in [1.165, 1.54) is 39.3 Å². The summed E-state index contributed by atoms with van der Waals surface area (Å²) in [5.41, 5.74) is 1.99. The fourth-order valence-corrected chi connectivity index (χ4v) is 7.89. The number of carboxylic acids is 1. The summed E-state index contributed by atoms with van der Waals surface area (Å²) in [5, 5.41) is 29.7. The molecule has 0 unspecified atom stereocenters. The predicted molar refractivity (Wildman–Crippen MR) is 237 cm³/mol. The Morgan fingerprint density at radius 3 is 1.45 bits per heavy atom. The molecular weight excluding hydrogens is 841 g/mol. The van der Waals surface area contributed by atoms with Gasteiger partial charge >= 0.3 is 11.9 Å². The number of pyridine rings is 4. The van der Waals surface area contributed by atoms with Crippen LogP contribution in [0.2, 0.25) is 10.0 Å². The molecule has 0 spiro atoms. The van der Waals surface area contributed by atoms with E-state index in [2.05, 4.69) is 0 Å². The van der Waals surface area contributed by atoms with Crippen molar-refractivity contribution < 1.29 is 38.4 Å². The second-order valence-corrected chi connectivity index (χ2v) is 18.0. The monoisotopic (exact) mass is 890 g/mol. The van der Waals surface area contributed by atoms with Gasteiger partial charge in [0.2, 0.25) is 0 Å². The van der Waals surface area contributed by atoms with E-state index < -0.39 is 34.7 Å². The molecule has 0 bridgehead atoms. The molecule has 0 fully saturated rings. The number of aliphatic hydroxyl groups is 2. The topological polar surface area (TPSA) is 147 Å². The summed E-state index contributed by atoms with van der Waals surface area (Å²) in [5.74, 6) is -3.81. The third-order valence-corrected chi connectivity index (χ3v) is 11.5. The summed E-state index contributed by atoms with van der Waals surface area (Å²) >= 11 is 11.7. The molecule has 0 aliphatic rings. The van der Waals surface area contributed by atoms with Crippen LogP contribution in [0.4, 0.5) is 8.78 Å². The molecule has 14 heteroatoms. The van der Waals surface area contributed by atoms with Crippen molar-refractivity contribution >= 4 is 46.2 Å². The minimum absolute atomic E-state index is 0.0110. The van der Waals surface area contributed by atoms with Crippen LogP contribution in [0.3, 0.4) is 0 Å². The molecule has 0 saturated carbocycles. The highest BCUT2D eigenvalue weighted by Gasteiger charge is 2.31. The molecule has 0 radical (unpaired) electrons. The maximum Gasteiger partial charge on any atom is 0.343 e. The van der Waals surface area contributed by atoms with Crippen LogP contribution < -0.4 is 11.1 Å². The average molecular weight is 892 g/mol. The number of carbonyl (C=O) groups excluding carboxylic acids is 1. The van der Waals surface area contributed by atoms with Gasteiger partial charge < -0.3 is 20.1 Å². The van der Waals surface area contributed by atoms with E-state index >= 15 is 0 Å². The number of hydrogen-bond donors (Lipinski definition) is 3. The van der Waals surface area contributed by atoms with E-state index in [1.54, 1.807) is 61.7 Å². The Labute approximate surface area is 368 Å². The number of ether oxygens (including phenoxy) is 1. The Balaban J connectivity index is 0.000000235. The number of halogens is 4. The maximum atomic E-state index is 14.4. The molecular formula is C48H50Cl2F2N2O8. The summed E-state index contributed by atoms with van der Waals surface area (Å²) < 4.78 is 36.4. The number of fused-ring (bicyclic) bond motifs is 2.